The molecule has 6 aromatic carbocycles. The fourth-order valence-corrected chi connectivity index (χ4v) is 6.98. The lowest BCUT2D eigenvalue weighted by Crippen LogP contribution is -2.39. The van der Waals surface area contributed by atoms with Gasteiger partial charge in [0.05, 0.1) is 18.8 Å². The van der Waals surface area contributed by atoms with Crippen LogP contribution in [0.15, 0.2) is 164 Å². The molecule has 274 valence electrons. The zero-order valence-corrected chi connectivity index (χ0v) is 30.4. The average molecular weight is 718 g/mol. The maximum atomic E-state index is 12.6. The van der Waals surface area contributed by atoms with Gasteiger partial charge in [-0.15, -0.1) is 0 Å². The molecule has 3 unspecified atom stereocenters. The van der Waals surface area contributed by atoms with Crippen LogP contribution >= 0.6 is 0 Å². The Bertz CT molecular complexity index is 2000. The van der Waals surface area contributed by atoms with Crippen LogP contribution in [-0.4, -0.2) is 28.7 Å². The van der Waals surface area contributed by atoms with E-state index in [-0.39, 0.29) is 24.8 Å². The van der Waals surface area contributed by atoms with Gasteiger partial charge in [-0.25, -0.2) is 4.79 Å². The van der Waals surface area contributed by atoms with Crippen LogP contribution in [0.5, 0.6) is 0 Å². The van der Waals surface area contributed by atoms with E-state index in [9.17, 15) is 9.90 Å². The molecule has 0 radical (unpaired) electrons. The molecule has 0 aliphatic carbocycles. The number of rotatable bonds is 14. The maximum absolute atomic E-state index is 12.6. The van der Waals surface area contributed by atoms with Gasteiger partial charge in [0, 0.05) is 44.7 Å². The van der Waals surface area contributed by atoms with Crippen LogP contribution in [0.3, 0.4) is 0 Å². The molecule has 7 heteroatoms. The summed E-state index contributed by atoms with van der Waals surface area (Å²) in [5.74, 6) is 0. The Morgan fingerprint density at radius 3 is 1.78 bits per heavy atom. The predicted molar refractivity (Wildman–Crippen MR) is 213 cm³/mol. The minimum absolute atomic E-state index is 0.00108. The average Bonchev–Trinajstić information content (AvgIpc) is 3.23. The zero-order valence-electron chi connectivity index (χ0n) is 30.4. The van der Waals surface area contributed by atoms with Crippen molar-refractivity contribution in [1.82, 2.24) is 15.5 Å². The smallest absolute Gasteiger partial charge is 0.315 e. The summed E-state index contributed by atoms with van der Waals surface area (Å²) in [5.41, 5.74) is 9.55. The molecule has 0 aromatic heterocycles. The number of benzene rings is 6. The fraction of sp³-hybridized carbons (Fsp3) is 0.213. The number of hydrogen-bond donors (Lipinski definition) is 3. The molecule has 3 atom stereocenters. The molecule has 0 spiro atoms. The van der Waals surface area contributed by atoms with E-state index < -0.39 is 6.29 Å². The number of hydrogen-bond acceptors (Lipinski definition) is 5. The molecule has 7 rings (SSSR count). The van der Waals surface area contributed by atoms with Crippen molar-refractivity contribution in [1.29, 1.82) is 0 Å². The van der Waals surface area contributed by atoms with Gasteiger partial charge >= 0.3 is 6.03 Å². The number of nitrogens with one attached hydrogen (secondary N) is 2. The number of carbonyl (C=O) groups is 1. The molecule has 0 bridgehead atoms. The molecule has 0 saturated carbocycles. The Kier molecular flexibility index (Phi) is 12.6. The number of aliphatic hydroxyl groups excluding tert-OH is 1. The van der Waals surface area contributed by atoms with Gasteiger partial charge in [-0.3, -0.25) is 4.90 Å². The summed E-state index contributed by atoms with van der Waals surface area (Å²) in [6.45, 7) is 3.19. The largest absolute Gasteiger partial charge is 0.392 e. The van der Waals surface area contributed by atoms with Crippen molar-refractivity contribution in [3.05, 3.63) is 203 Å². The second kappa shape index (κ2) is 18.5. The number of nitrogens with zero attached hydrogens (tertiary/aromatic N) is 1. The third-order valence-electron chi connectivity index (χ3n) is 9.82. The van der Waals surface area contributed by atoms with Gasteiger partial charge in [-0.2, -0.15) is 0 Å². The van der Waals surface area contributed by atoms with Gasteiger partial charge in [0.25, 0.3) is 0 Å². The lowest BCUT2D eigenvalue weighted by Gasteiger charge is -2.38. The van der Waals surface area contributed by atoms with Gasteiger partial charge in [0.1, 0.15) is 0 Å². The third-order valence-corrected chi connectivity index (χ3v) is 9.82. The lowest BCUT2D eigenvalue weighted by molar-refractivity contribution is -0.253. The summed E-state index contributed by atoms with van der Waals surface area (Å²) in [6.07, 6.45) is -0.151. The Labute approximate surface area is 318 Å². The van der Waals surface area contributed by atoms with E-state index in [1.54, 1.807) is 0 Å². The molecule has 1 fully saturated rings. The molecule has 7 nitrogen and oxygen atoms in total. The van der Waals surface area contributed by atoms with E-state index in [2.05, 4.69) is 119 Å². The molecule has 3 N–H and O–H groups in total. The summed E-state index contributed by atoms with van der Waals surface area (Å²) >= 11 is 0. The van der Waals surface area contributed by atoms with Crippen LogP contribution in [0.2, 0.25) is 0 Å². The number of urea groups is 1. The van der Waals surface area contributed by atoms with Crippen molar-refractivity contribution in [2.45, 2.75) is 57.7 Å². The summed E-state index contributed by atoms with van der Waals surface area (Å²) < 4.78 is 13.5. The maximum Gasteiger partial charge on any atom is 0.315 e. The SMILES string of the molecule is O=C(NCc1ccccc1)NCc1ccccc1-c1ccc(C2OC(CN(Cc3ccccc3)Cc3ccccc3)CC(c3ccc(CO)cc3)O2)cc1. The number of carbonyl (C=O) groups excluding carboxylic acids is 1. The molecular weight excluding hydrogens is 671 g/mol. The Balaban J connectivity index is 1.08. The quantitative estimate of drug-likeness (QED) is 0.105. The highest BCUT2D eigenvalue weighted by atomic mass is 16.7. The van der Waals surface area contributed by atoms with Crippen LogP contribution in [0.1, 0.15) is 57.8 Å². The molecule has 1 heterocycles. The summed E-state index contributed by atoms with van der Waals surface area (Å²) in [6, 6.07) is 55.3. The molecule has 1 aliphatic rings. The highest BCUT2D eigenvalue weighted by molar-refractivity contribution is 5.75. The van der Waals surface area contributed by atoms with Crippen LogP contribution in [0.25, 0.3) is 11.1 Å². The van der Waals surface area contributed by atoms with E-state index >= 15 is 0 Å². The van der Waals surface area contributed by atoms with Crippen LogP contribution in [-0.2, 0) is 42.3 Å². The van der Waals surface area contributed by atoms with Crippen LogP contribution in [0.4, 0.5) is 4.79 Å². The normalized spacial score (nSPS) is 16.9. The second-order valence-corrected chi connectivity index (χ2v) is 13.8. The summed E-state index contributed by atoms with van der Waals surface area (Å²) in [7, 11) is 0. The standard InChI is InChI=1S/C47H47N3O4/c51-34-38-20-22-40(23-21-38)45-28-43(33-50(31-36-14-6-2-7-15-36)32-37-16-8-3-9-17-37)53-46(54-45)41-26-24-39(25-27-41)44-19-11-10-18-42(44)30-49-47(52)48-29-35-12-4-1-5-13-35/h1-27,43,45-46,51H,28-34H2,(H2,48,49,52). The molecule has 1 aliphatic heterocycles. The highest BCUT2D eigenvalue weighted by Gasteiger charge is 2.33. The van der Waals surface area contributed by atoms with Crippen molar-refractivity contribution in [2.75, 3.05) is 6.54 Å². The summed E-state index contributed by atoms with van der Waals surface area (Å²) in [5, 5.41) is 15.6. The number of aliphatic hydroxyl groups is 1. The first kappa shape index (κ1) is 36.8. The predicted octanol–water partition coefficient (Wildman–Crippen LogP) is 9.09. The summed E-state index contributed by atoms with van der Waals surface area (Å²) in [4.78, 5) is 15.1. The molecule has 6 aromatic rings. The first-order valence-electron chi connectivity index (χ1n) is 18.6. The number of ether oxygens (including phenoxy) is 2. The first-order valence-corrected chi connectivity index (χ1v) is 18.6. The topological polar surface area (TPSA) is 83.1 Å². The van der Waals surface area contributed by atoms with Crippen LogP contribution < -0.4 is 10.6 Å². The van der Waals surface area contributed by atoms with Crippen molar-refractivity contribution in [3.63, 3.8) is 0 Å². The third kappa shape index (κ3) is 10.1. The Hall–Kier alpha value is -5.57. The van der Waals surface area contributed by atoms with E-state index in [1.165, 1.54) is 11.1 Å². The van der Waals surface area contributed by atoms with Crippen molar-refractivity contribution < 1.29 is 19.4 Å². The molecule has 54 heavy (non-hydrogen) atoms. The van der Waals surface area contributed by atoms with Crippen molar-refractivity contribution >= 4 is 6.03 Å². The van der Waals surface area contributed by atoms with Gasteiger partial charge < -0.3 is 25.2 Å². The van der Waals surface area contributed by atoms with E-state index in [0.717, 1.165) is 58.6 Å². The number of amides is 2. The molecule has 2 amide bonds. The van der Waals surface area contributed by atoms with Crippen LogP contribution in [0, 0.1) is 0 Å². The molecule has 1 saturated heterocycles. The van der Waals surface area contributed by atoms with Gasteiger partial charge in [0.2, 0.25) is 0 Å². The Morgan fingerprint density at radius 2 is 1.15 bits per heavy atom. The van der Waals surface area contributed by atoms with E-state index in [0.29, 0.717) is 19.5 Å². The molecular formula is C47H47N3O4. The lowest BCUT2D eigenvalue weighted by atomic mass is 9.97. The van der Waals surface area contributed by atoms with E-state index in [1.807, 2.05) is 60.7 Å². The fourth-order valence-electron chi connectivity index (χ4n) is 6.98. The van der Waals surface area contributed by atoms with Gasteiger partial charge in [0.15, 0.2) is 6.29 Å². The monoisotopic (exact) mass is 717 g/mol. The van der Waals surface area contributed by atoms with E-state index in [4.69, 9.17) is 9.47 Å². The minimum atomic E-state index is -0.569. The Morgan fingerprint density at radius 1 is 0.593 bits per heavy atom. The van der Waals surface area contributed by atoms with Crippen molar-refractivity contribution in [3.8, 4) is 11.1 Å². The minimum Gasteiger partial charge on any atom is -0.392 e. The van der Waals surface area contributed by atoms with Gasteiger partial charge in [-0.05, 0) is 44.5 Å². The van der Waals surface area contributed by atoms with Gasteiger partial charge in [-0.1, -0.05) is 164 Å². The second-order valence-electron chi connectivity index (χ2n) is 13.8. The first-order chi connectivity index (χ1) is 26.6. The van der Waals surface area contributed by atoms with Crippen molar-refractivity contribution in [2.24, 2.45) is 0 Å². The highest BCUT2D eigenvalue weighted by Crippen LogP contribution is 2.39. The zero-order chi connectivity index (χ0) is 37.0.